The van der Waals surface area contributed by atoms with Crippen LogP contribution in [0.15, 0.2) is 34.3 Å². The van der Waals surface area contributed by atoms with E-state index in [4.69, 9.17) is 28.3 Å². The molecular weight excluding hydrogens is 308 g/mol. The van der Waals surface area contributed by atoms with Crippen molar-refractivity contribution in [3.05, 3.63) is 39.7 Å². The Morgan fingerprint density at radius 3 is 2.16 bits per heavy atom. The van der Waals surface area contributed by atoms with E-state index >= 15 is 0 Å². The molecule has 0 bridgehead atoms. The van der Waals surface area contributed by atoms with Crippen molar-refractivity contribution in [3.63, 3.8) is 0 Å². The molecule has 0 aliphatic carbocycles. The summed E-state index contributed by atoms with van der Waals surface area (Å²) in [6.45, 7) is 0. The first-order valence-corrected chi connectivity index (χ1v) is 5.32. The molecule has 19 heavy (non-hydrogen) atoms. The molecule has 0 aliphatic rings. The zero-order chi connectivity index (χ0) is 14.6. The highest BCUT2D eigenvalue weighted by atomic mass is 35.5. The summed E-state index contributed by atoms with van der Waals surface area (Å²) in [5.74, 6) is 0. The Bertz CT molecular complexity index is 533. The minimum atomic E-state index is -4.60. The van der Waals surface area contributed by atoms with Crippen LogP contribution in [0.2, 0.25) is 10.0 Å². The lowest BCUT2D eigenvalue weighted by Crippen LogP contribution is -2.04. The minimum Gasteiger partial charge on any atom is -0.513 e. The van der Waals surface area contributed by atoms with E-state index in [0.29, 0.717) is 18.4 Å². The Kier molecular flexibility index (Phi) is 4.90. The van der Waals surface area contributed by atoms with Gasteiger partial charge in [-0.2, -0.15) is 13.2 Å². The zero-order valence-corrected chi connectivity index (χ0v) is 10.5. The van der Waals surface area contributed by atoms with Crippen LogP contribution in [-0.2, 0) is 11.0 Å². The van der Waals surface area contributed by atoms with Gasteiger partial charge >= 0.3 is 6.18 Å². The smallest absolute Gasteiger partial charge is 0.416 e. The lowest BCUT2D eigenvalue weighted by molar-refractivity contribution is -0.137. The molecule has 9 heteroatoms. The van der Waals surface area contributed by atoms with Gasteiger partial charge in [0.05, 0.1) is 15.6 Å². The third-order valence-electron chi connectivity index (χ3n) is 1.86. The molecule has 1 aromatic carbocycles. The Morgan fingerprint density at radius 1 is 1.26 bits per heavy atom. The Labute approximate surface area is 115 Å². The summed E-state index contributed by atoms with van der Waals surface area (Å²) in [7, 11) is 0. The number of halogens is 5. The summed E-state index contributed by atoms with van der Waals surface area (Å²) >= 11 is 11.2. The standard InChI is InChI=1S/C10H5Cl2F3N2O2/c11-7-1-5(10(13,14)15)2-8(12)9(7)17-16-6(3-18)4-19/h1-4,18H. The predicted molar refractivity (Wildman–Crippen MR) is 62.8 cm³/mol. The van der Waals surface area contributed by atoms with E-state index < -0.39 is 17.4 Å². The van der Waals surface area contributed by atoms with Crippen LogP contribution in [0.3, 0.4) is 0 Å². The fraction of sp³-hybridized carbons (Fsp3) is 0.100. The number of benzene rings is 1. The van der Waals surface area contributed by atoms with Gasteiger partial charge in [0.2, 0.25) is 0 Å². The Balaban J connectivity index is 3.22. The average Bonchev–Trinajstić information content (AvgIpc) is 2.31. The molecule has 0 amide bonds. The summed E-state index contributed by atoms with van der Waals surface area (Å²) in [6, 6.07) is 1.26. The van der Waals surface area contributed by atoms with Crippen LogP contribution in [0.4, 0.5) is 18.9 Å². The number of alkyl halides is 3. The molecule has 0 fully saturated rings. The molecule has 1 rings (SSSR count). The van der Waals surface area contributed by atoms with Gasteiger partial charge in [-0.05, 0) is 12.1 Å². The second-order valence-electron chi connectivity index (χ2n) is 3.16. The summed E-state index contributed by atoms with van der Waals surface area (Å²) < 4.78 is 37.3. The first kappa shape index (κ1) is 15.5. The first-order chi connectivity index (χ1) is 8.79. The summed E-state index contributed by atoms with van der Waals surface area (Å²) in [5, 5.41) is 14.4. The minimum absolute atomic E-state index is 0.190. The Hall–Kier alpha value is -1.60. The quantitative estimate of drug-likeness (QED) is 0.381. The van der Waals surface area contributed by atoms with E-state index in [1.54, 1.807) is 0 Å². The molecule has 4 nitrogen and oxygen atoms in total. The number of rotatable bonds is 3. The maximum Gasteiger partial charge on any atom is 0.416 e. The third-order valence-corrected chi connectivity index (χ3v) is 2.44. The van der Waals surface area contributed by atoms with Gasteiger partial charge in [-0.25, -0.2) is 0 Å². The normalized spacial score (nSPS) is 13.0. The van der Waals surface area contributed by atoms with Gasteiger partial charge in [-0.15, -0.1) is 10.2 Å². The van der Waals surface area contributed by atoms with Crippen molar-refractivity contribution in [2.75, 3.05) is 0 Å². The van der Waals surface area contributed by atoms with Gasteiger partial charge in [-0.3, -0.25) is 4.79 Å². The molecule has 102 valence electrons. The molecule has 0 saturated heterocycles. The molecule has 1 aromatic rings. The molecule has 0 heterocycles. The highest BCUT2D eigenvalue weighted by Crippen LogP contribution is 2.40. The number of hydrogen-bond donors (Lipinski definition) is 1. The molecule has 0 unspecified atom stereocenters. The van der Waals surface area contributed by atoms with Crippen molar-refractivity contribution < 1.29 is 23.1 Å². The third kappa shape index (κ3) is 3.93. The topological polar surface area (TPSA) is 62.0 Å². The van der Waals surface area contributed by atoms with E-state index in [9.17, 15) is 18.0 Å². The van der Waals surface area contributed by atoms with Crippen molar-refractivity contribution in [2.45, 2.75) is 6.18 Å². The van der Waals surface area contributed by atoms with Crippen LogP contribution in [0.1, 0.15) is 5.56 Å². The number of aliphatic hydroxyl groups excluding tert-OH is 1. The summed E-state index contributed by atoms with van der Waals surface area (Å²) in [4.78, 5) is 10.3. The zero-order valence-electron chi connectivity index (χ0n) is 8.95. The highest BCUT2D eigenvalue weighted by Gasteiger charge is 2.32. The van der Waals surface area contributed by atoms with Crippen LogP contribution >= 0.6 is 23.2 Å². The number of aliphatic hydroxyl groups is 1. The van der Waals surface area contributed by atoms with E-state index in [-0.39, 0.29) is 22.0 Å². The summed E-state index contributed by atoms with van der Waals surface area (Å²) in [6.07, 6.45) is -4.03. The molecular formula is C10H5Cl2F3N2O2. The largest absolute Gasteiger partial charge is 0.513 e. The molecule has 0 aromatic heterocycles. The molecule has 0 radical (unpaired) electrons. The van der Waals surface area contributed by atoms with E-state index in [1.165, 1.54) is 0 Å². The number of nitrogens with zero attached hydrogens (tertiary/aromatic N) is 2. The van der Waals surface area contributed by atoms with Crippen LogP contribution in [0.25, 0.3) is 0 Å². The average molecular weight is 313 g/mol. The van der Waals surface area contributed by atoms with Gasteiger partial charge in [0.1, 0.15) is 11.9 Å². The highest BCUT2D eigenvalue weighted by molar-refractivity contribution is 6.38. The van der Waals surface area contributed by atoms with Crippen molar-refractivity contribution in [2.24, 2.45) is 10.2 Å². The number of aldehydes is 1. The van der Waals surface area contributed by atoms with Crippen molar-refractivity contribution in [3.8, 4) is 0 Å². The fourth-order valence-corrected chi connectivity index (χ4v) is 1.57. The van der Waals surface area contributed by atoms with Crippen LogP contribution in [0.5, 0.6) is 0 Å². The maximum absolute atomic E-state index is 12.4. The lowest BCUT2D eigenvalue weighted by Gasteiger charge is -2.09. The number of azo groups is 1. The number of carbonyl (C=O) groups excluding carboxylic acids is 1. The maximum atomic E-state index is 12.4. The van der Waals surface area contributed by atoms with E-state index in [2.05, 4.69) is 10.2 Å². The first-order valence-electron chi connectivity index (χ1n) is 4.57. The van der Waals surface area contributed by atoms with Gasteiger partial charge < -0.3 is 5.11 Å². The van der Waals surface area contributed by atoms with Crippen LogP contribution in [0, 0.1) is 0 Å². The number of hydrogen-bond acceptors (Lipinski definition) is 4. The van der Waals surface area contributed by atoms with Crippen molar-refractivity contribution in [1.82, 2.24) is 0 Å². The fourth-order valence-electron chi connectivity index (χ4n) is 1.01. The summed E-state index contributed by atoms with van der Waals surface area (Å²) in [5.41, 5.74) is -1.71. The number of carbonyl (C=O) groups is 1. The van der Waals surface area contributed by atoms with Crippen molar-refractivity contribution >= 4 is 35.2 Å². The number of allylic oxidation sites excluding steroid dienone is 1. The Morgan fingerprint density at radius 2 is 1.79 bits per heavy atom. The molecule has 0 spiro atoms. The second-order valence-corrected chi connectivity index (χ2v) is 3.97. The molecule has 0 saturated carbocycles. The van der Waals surface area contributed by atoms with Crippen molar-refractivity contribution in [1.29, 1.82) is 0 Å². The van der Waals surface area contributed by atoms with Gasteiger partial charge in [0, 0.05) is 0 Å². The molecule has 1 N–H and O–H groups in total. The lowest BCUT2D eigenvalue weighted by atomic mass is 10.2. The van der Waals surface area contributed by atoms with Gasteiger partial charge in [0.15, 0.2) is 12.0 Å². The monoisotopic (exact) mass is 312 g/mol. The van der Waals surface area contributed by atoms with E-state index in [0.717, 1.165) is 0 Å². The second kappa shape index (κ2) is 6.03. The van der Waals surface area contributed by atoms with Crippen LogP contribution in [-0.4, -0.2) is 11.4 Å². The molecule has 0 aliphatic heterocycles. The van der Waals surface area contributed by atoms with E-state index in [1.807, 2.05) is 0 Å². The predicted octanol–water partition coefficient (Wildman–Crippen LogP) is 4.69. The van der Waals surface area contributed by atoms with Gasteiger partial charge in [-0.1, -0.05) is 23.2 Å². The van der Waals surface area contributed by atoms with Gasteiger partial charge in [0.25, 0.3) is 0 Å². The molecule has 0 atom stereocenters. The van der Waals surface area contributed by atoms with Crippen LogP contribution < -0.4 is 0 Å². The SMILES string of the molecule is O=CC(=CO)N=Nc1c(Cl)cc(C(F)(F)F)cc1Cl.